The first-order valence-electron chi connectivity index (χ1n) is 7.42. The maximum absolute atomic E-state index is 12.5. The number of halogens is 1. The van der Waals surface area contributed by atoms with Crippen molar-refractivity contribution < 1.29 is 14.3 Å². The topological polar surface area (TPSA) is 53.4 Å². The third-order valence-corrected chi connectivity index (χ3v) is 4.90. The number of benzene rings is 1. The Morgan fingerprint density at radius 1 is 1.27 bits per heavy atom. The Labute approximate surface area is 137 Å². The summed E-state index contributed by atoms with van der Waals surface area (Å²) < 4.78 is 13.2. The number of nitrogens with zero attached hydrogens (tertiary/aromatic N) is 2. The van der Waals surface area contributed by atoms with Crippen molar-refractivity contribution in [3.8, 4) is 5.75 Å². The van der Waals surface area contributed by atoms with Crippen LogP contribution in [0.2, 0.25) is 0 Å². The molecule has 0 saturated heterocycles. The molecule has 22 heavy (non-hydrogen) atoms. The zero-order chi connectivity index (χ0) is 15.7. The first kappa shape index (κ1) is 15.3. The van der Waals surface area contributed by atoms with Gasteiger partial charge in [0.1, 0.15) is 11.3 Å². The van der Waals surface area contributed by atoms with Gasteiger partial charge in [0, 0.05) is 16.1 Å². The van der Waals surface area contributed by atoms with Gasteiger partial charge in [0.05, 0.1) is 14.2 Å². The second-order valence-corrected chi connectivity index (χ2v) is 6.62. The maximum Gasteiger partial charge on any atom is 0.333 e. The maximum atomic E-state index is 12.5. The number of hydrogen-bond acceptors (Lipinski definition) is 4. The summed E-state index contributed by atoms with van der Waals surface area (Å²) in [5.74, 6) is 0.483. The molecule has 0 spiro atoms. The molecule has 1 heterocycles. The quantitative estimate of drug-likeness (QED) is 0.778. The van der Waals surface area contributed by atoms with Crippen LogP contribution in [0.15, 0.2) is 22.8 Å². The molecule has 0 atom stereocenters. The molecule has 6 heteroatoms. The average Bonchev–Trinajstić information content (AvgIpc) is 2.98. The molecular formula is C16H19BrN2O3. The Kier molecular flexibility index (Phi) is 4.12. The fraction of sp³-hybridized carbons (Fsp3) is 0.500. The Hall–Kier alpha value is -1.56. The van der Waals surface area contributed by atoms with Crippen molar-refractivity contribution in [3.63, 3.8) is 0 Å². The van der Waals surface area contributed by atoms with Gasteiger partial charge in [-0.25, -0.2) is 4.79 Å². The van der Waals surface area contributed by atoms with Gasteiger partial charge in [-0.1, -0.05) is 35.2 Å². The van der Waals surface area contributed by atoms with Gasteiger partial charge in [0.15, 0.2) is 5.54 Å². The van der Waals surface area contributed by atoms with Crippen LogP contribution >= 0.6 is 15.9 Å². The van der Waals surface area contributed by atoms with Crippen LogP contribution in [0.5, 0.6) is 5.75 Å². The molecular weight excluding hydrogens is 348 g/mol. The minimum absolute atomic E-state index is 0.210. The van der Waals surface area contributed by atoms with Gasteiger partial charge in [-0.05, 0) is 25.0 Å². The number of carbonyl (C=O) groups excluding carboxylic acids is 1. The molecule has 1 aromatic heterocycles. The molecule has 0 N–H and O–H groups in total. The number of hydrogen-bond donors (Lipinski definition) is 0. The van der Waals surface area contributed by atoms with Crippen LogP contribution in [0.25, 0.3) is 10.9 Å². The second-order valence-electron chi connectivity index (χ2n) is 5.70. The summed E-state index contributed by atoms with van der Waals surface area (Å²) in [7, 11) is 3.07. The van der Waals surface area contributed by atoms with E-state index in [0.717, 1.165) is 47.5 Å². The lowest BCUT2D eigenvalue weighted by Gasteiger charge is -2.34. The molecule has 118 valence electrons. The van der Waals surface area contributed by atoms with Gasteiger partial charge in [-0.15, -0.1) is 0 Å². The van der Waals surface area contributed by atoms with Crippen LogP contribution in [0.4, 0.5) is 0 Å². The molecule has 0 bridgehead atoms. The number of esters is 1. The fourth-order valence-corrected chi connectivity index (χ4v) is 3.75. The van der Waals surface area contributed by atoms with E-state index in [0.29, 0.717) is 5.75 Å². The molecule has 3 rings (SSSR count). The molecule has 0 amide bonds. The van der Waals surface area contributed by atoms with Gasteiger partial charge >= 0.3 is 5.97 Å². The smallest absolute Gasteiger partial charge is 0.333 e. The Morgan fingerprint density at radius 2 is 2.00 bits per heavy atom. The second kappa shape index (κ2) is 5.91. The number of ether oxygens (including phenoxy) is 2. The number of methoxy groups -OCH3 is 2. The molecule has 0 aliphatic heterocycles. The van der Waals surface area contributed by atoms with Crippen LogP contribution in [0.3, 0.4) is 0 Å². The van der Waals surface area contributed by atoms with Crippen molar-refractivity contribution in [2.75, 3.05) is 14.2 Å². The molecule has 0 radical (unpaired) electrons. The highest BCUT2D eigenvalue weighted by Crippen LogP contribution is 2.38. The molecule has 5 nitrogen and oxygen atoms in total. The predicted octanol–water partition coefficient (Wildman–Crippen LogP) is 3.64. The minimum atomic E-state index is -0.691. The van der Waals surface area contributed by atoms with Crippen LogP contribution in [0.1, 0.15) is 32.1 Å². The van der Waals surface area contributed by atoms with E-state index in [2.05, 4.69) is 21.0 Å². The lowest BCUT2D eigenvalue weighted by molar-refractivity contribution is -0.154. The SMILES string of the molecule is COC(=O)C1(n2cc3cc(Br)cc(OC)c3n2)CCCCC1. The standard InChI is InChI=1S/C16H19BrN2O3/c1-21-13-9-12(17)8-11-10-19(18-14(11)13)16(15(20)22-2)6-4-3-5-7-16/h8-10H,3-7H2,1-2H3. The third-order valence-electron chi connectivity index (χ3n) is 4.44. The summed E-state index contributed by atoms with van der Waals surface area (Å²) in [5, 5.41) is 5.60. The lowest BCUT2D eigenvalue weighted by Crippen LogP contribution is -2.44. The highest BCUT2D eigenvalue weighted by Gasteiger charge is 2.43. The fourth-order valence-electron chi connectivity index (χ4n) is 3.30. The largest absolute Gasteiger partial charge is 0.494 e. The van der Waals surface area contributed by atoms with Crippen molar-refractivity contribution >= 4 is 32.8 Å². The van der Waals surface area contributed by atoms with E-state index in [-0.39, 0.29) is 5.97 Å². The van der Waals surface area contributed by atoms with Gasteiger partial charge in [0.2, 0.25) is 0 Å². The first-order valence-corrected chi connectivity index (χ1v) is 8.22. The van der Waals surface area contributed by atoms with Crippen molar-refractivity contribution in [1.82, 2.24) is 9.78 Å². The molecule has 1 saturated carbocycles. The van der Waals surface area contributed by atoms with E-state index in [1.54, 1.807) is 11.8 Å². The van der Waals surface area contributed by atoms with Crippen LogP contribution in [0, 0.1) is 0 Å². The van der Waals surface area contributed by atoms with Crippen LogP contribution < -0.4 is 4.74 Å². The van der Waals surface area contributed by atoms with E-state index in [9.17, 15) is 4.79 Å². The minimum Gasteiger partial charge on any atom is -0.494 e. The lowest BCUT2D eigenvalue weighted by atomic mass is 9.82. The molecule has 1 aromatic carbocycles. The molecule has 1 fully saturated rings. The van der Waals surface area contributed by atoms with E-state index < -0.39 is 5.54 Å². The average molecular weight is 367 g/mol. The first-order chi connectivity index (χ1) is 10.6. The van der Waals surface area contributed by atoms with Crippen LogP contribution in [-0.2, 0) is 15.1 Å². The highest BCUT2D eigenvalue weighted by molar-refractivity contribution is 9.10. The molecule has 2 aromatic rings. The normalized spacial score (nSPS) is 17.4. The van der Waals surface area contributed by atoms with E-state index in [4.69, 9.17) is 9.47 Å². The summed E-state index contributed by atoms with van der Waals surface area (Å²) in [6, 6.07) is 3.86. The van der Waals surface area contributed by atoms with Gasteiger partial charge in [-0.3, -0.25) is 4.68 Å². The third kappa shape index (κ3) is 2.39. The summed E-state index contributed by atoms with van der Waals surface area (Å²) in [6.07, 6.45) is 6.60. The molecule has 1 aliphatic rings. The van der Waals surface area contributed by atoms with E-state index >= 15 is 0 Å². The van der Waals surface area contributed by atoms with Gasteiger partial charge in [-0.2, -0.15) is 5.10 Å². The van der Waals surface area contributed by atoms with Crippen molar-refractivity contribution in [2.24, 2.45) is 0 Å². The molecule has 1 aliphatic carbocycles. The monoisotopic (exact) mass is 366 g/mol. The Morgan fingerprint density at radius 3 is 2.64 bits per heavy atom. The van der Waals surface area contributed by atoms with Gasteiger partial charge < -0.3 is 9.47 Å². The zero-order valence-electron chi connectivity index (χ0n) is 12.8. The Balaban J connectivity index is 2.16. The van der Waals surface area contributed by atoms with Crippen molar-refractivity contribution in [1.29, 1.82) is 0 Å². The highest BCUT2D eigenvalue weighted by atomic mass is 79.9. The molecule has 0 unspecified atom stereocenters. The number of rotatable bonds is 3. The predicted molar refractivity (Wildman–Crippen MR) is 87.1 cm³/mol. The van der Waals surface area contributed by atoms with Crippen LogP contribution in [-0.4, -0.2) is 30.0 Å². The number of carbonyl (C=O) groups is 1. The van der Waals surface area contributed by atoms with E-state index in [1.807, 2.05) is 18.3 Å². The summed E-state index contributed by atoms with van der Waals surface area (Å²) in [5.41, 5.74) is 0.0725. The Bertz CT molecular complexity index is 705. The van der Waals surface area contributed by atoms with Crippen molar-refractivity contribution in [3.05, 3.63) is 22.8 Å². The number of fused-ring (bicyclic) bond motifs is 1. The van der Waals surface area contributed by atoms with Crippen molar-refractivity contribution in [2.45, 2.75) is 37.6 Å². The summed E-state index contributed by atoms with van der Waals surface area (Å²) in [4.78, 5) is 12.5. The van der Waals surface area contributed by atoms with Gasteiger partial charge in [0.25, 0.3) is 0 Å². The van der Waals surface area contributed by atoms with E-state index in [1.165, 1.54) is 7.11 Å². The summed E-state index contributed by atoms with van der Waals surface area (Å²) >= 11 is 3.48. The summed E-state index contributed by atoms with van der Waals surface area (Å²) in [6.45, 7) is 0. The zero-order valence-corrected chi connectivity index (χ0v) is 14.4. The number of aromatic nitrogens is 2.